The lowest BCUT2D eigenvalue weighted by Crippen LogP contribution is -2.24. The average molecular weight is 345 g/mol. The van der Waals surface area contributed by atoms with Gasteiger partial charge in [0, 0.05) is 30.8 Å². The Hall–Kier alpha value is -2.53. The molecule has 2 aromatic rings. The molecule has 2 aromatic carbocycles. The SMILES string of the molecule is O=C(NCc1ccc(N2CCCC2=O)cc1)c1ccc(O)c(Cl)c1. The van der Waals surface area contributed by atoms with Crippen LogP contribution in [0.3, 0.4) is 0 Å². The monoisotopic (exact) mass is 344 g/mol. The van der Waals surface area contributed by atoms with Crippen LogP contribution in [0.25, 0.3) is 0 Å². The van der Waals surface area contributed by atoms with Crippen LogP contribution in [0.4, 0.5) is 5.69 Å². The van der Waals surface area contributed by atoms with E-state index < -0.39 is 0 Å². The maximum atomic E-state index is 12.1. The first-order valence-corrected chi connectivity index (χ1v) is 8.08. The number of phenols is 1. The minimum absolute atomic E-state index is 0.0553. The van der Waals surface area contributed by atoms with Crippen LogP contribution in [0, 0.1) is 0 Å². The molecule has 0 atom stereocenters. The second-order valence-corrected chi connectivity index (χ2v) is 6.07. The van der Waals surface area contributed by atoms with Crippen molar-refractivity contribution in [3.8, 4) is 5.75 Å². The van der Waals surface area contributed by atoms with Crippen LogP contribution in [0.2, 0.25) is 5.02 Å². The third-order valence-corrected chi connectivity index (χ3v) is 4.29. The van der Waals surface area contributed by atoms with Gasteiger partial charge in [0.15, 0.2) is 0 Å². The molecule has 1 fully saturated rings. The highest BCUT2D eigenvalue weighted by Crippen LogP contribution is 2.24. The summed E-state index contributed by atoms with van der Waals surface area (Å²) in [6.07, 6.45) is 1.50. The zero-order valence-corrected chi connectivity index (χ0v) is 13.7. The van der Waals surface area contributed by atoms with Crippen molar-refractivity contribution >= 4 is 29.1 Å². The van der Waals surface area contributed by atoms with Gasteiger partial charge in [-0.3, -0.25) is 9.59 Å². The van der Waals surface area contributed by atoms with E-state index in [2.05, 4.69) is 5.32 Å². The summed E-state index contributed by atoms with van der Waals surface area (Å²) in [4.78, 5) is 25.6. The summed E-state index contributed by atoms with van der Waals surface area (Å²) >= 11 is 5.80. The number of aromatic hydroxyl groups is 1. The maximum absolute atomic E-state index is 12.1. The Morgan fingerprint density at radius 1 is 1.21 bits per heavy atom. The van der Waals surface area contributed by atoms with Crippen molar-refractivity contribution < 1.29 is 14.7 Å². The van der Waals surface area contributed by atoms with Crippen LogP contribution < -0.4 is 10.2 Å². The van der Waals surface area contributed by atoms with E-state index in [4.69, 9.17) is 11.6 Å². The number of nitrogens with zero attached hydrogens (tertiary/aromatic N) is 1. The summed E-state index contributed by atoms with van der Waals surface area (Å²) < 4.78 is 0. The number of halogens is 1. The largest absolute Gasteiger partial charge is 0.506 e. The molecule has 124 valence electrons. The number of rotatable bonds is 4. The van der Waals surface area contributed by atoms with Gasteiger partial charge >= 0.3 is 0 Å². The van der Waals surface area contributed by atoms with E-state index in [1.54, 1.807) is 4.90 Å². The van der Waals surface area contributed by atoms with Crippen molar-refractivity contribution in [2.75, 3.05) is 11.4 Å². The lowest BCUT2D eigenvalue weighted by atomic mass is 10.1. The number of anilines is 1. The van der Waals surface area contributed by atoms with E-state index >= 15 is 0 Å². The van der Waals surface area contributed by atoms with Crippen LogP contribution in [0.1, 0.15) is 28.8 Å². The van der Waals surface area contributed by atoms with E-state index in [1.807, 2.05) is 24.3 Å². The Bertz CT molecular complexity index is 774. The lowest BCUT2D eigenvalue weighted by molar-refractivity contribution is -0.117. The van der Waals surface area contributed by atoms with Crippen LogP contribution >= 0.6 is 11.6 Å². The molecule has 0 spiro atoms. The third-order valence-electron chi connectivity index (χ3n) is 3.98. The number of hydrogen-bond donors (Lipinski definition) is 2. The molecule has 0 radical (unpaired) electrons. The van der Waals surface area contributed by atoms with Crippen molar-refractivity contribution in [2.45, 2.75) is 19.4 Å². The van der Waals surface area contributed by atoms with E-state index in [-0.39, 0.29) is 22.6 Å². The number of carbonyl (C=O) groups excluding carboxylic acids is 2. The molecule has 6 heteroatoms. The quantitative estimate of drug-likeness (QED) is 0.895. The van der Waals surface area contributed by atoms with E-state index in [9.17, 15) is 14.7 Å². The highest BCUT2D eigenvalue weighted by atomic mass is 35.5. The highest BCUT2D eigenvalue weighted by molar-refractivity contribution is 6.32. The van der Waals surface area contributed by atoms with Gasteiger partial charge in [0.2, 0.25) is 5.91 Å². The molecule has 0 aliphatic carbocycles. The van der Waals surface area contributed by atoms with Gasteiger partial charge in [0.25, 0.3) is 5.91 Å². The van der Waals surface area contributed by atoms with Gasteiger partial charge in [-0.25, -0.2) is 0 Å². The normalized spacial score (nSPS) is 14.0. The molecule has 0 bridgehead atoms. The summed E-state index contributed by atoms with van der Waals surface area (Å²) in [5, 5.41) is 12.3. The summed E-state index contributed by atoms with van der Waals surface area (Å²) in [5.41, 5.74) is 2.21. The Kier molecular flexibility index (Phi) is 4.71. The molecule has 24 heavy (non-hydrogen) atoms. The molecule has 2 N–H and O–H groups in total. The number of hydrogen-bond acceptors (Lipinski definition) is 3. The van der Waals surface area contributed by atoms with Gasteiger partial charge < -0.3 is 15.3 Å². The molecule has 0 unspecified atom stereocenters. The number of carbonyl (C=O) groups is 2. The molecule has 0 saturated carbocycles. The first-order valence-electron chi connectivity index (χ1n) is 7.70. The summed E-state index contributed by atoms with van der Waals surface area (Å²) in [6.45, 7) is 1.13. The molecular formula is C18H17ClN2O3. The smallest absolute Gasteiger partial charge is 0.251 e. The highest BCUT2D eigenvalue weighted by Gasteiger charge is 2.21. The number of benzene rings is 2. The molecule has 0 aromatic heterocycles. The minimum Gasteiger partial charge on any atom is -0.506 e. The second kappa shape index (κ2) is 6.93. The standard InChI is InChI=1S/C18H17ClN2O3/c19-15-10-13(5-8-16(15)22)18(24)20-11-12-3-6-14(7-4-12)21-9-1-2-17(21)23/h3-8,10,22H,1-2,9,11H2,(H,20,24). The van der Waals surface area contributed by atoms with Crippen molar-refractivity contribution in [3.63, 3.8) is 0 Å². The van der Waals surface area contributed by atoms with Gasteiger partial charge in [-0.1, -0.05) is 23.7 Å². The predicted octanol–water partition coefficient (Wildman–Crippen LogP) is 3.10. The van der Waals surface area contributed by atoms with Crippen LogP contribution in [-0.2, 0) is 11.3 Å². The Labute approximate surface area is 144 Å². The van der Waals surface area contributed by atoms with E-state index in [0.717, 1.165) is 24.2 Å². The van der Waals surface area contributed by atoms with Crippen LogP contribution in [-0.4, -0.2) is 23.5 Å². The van der Waals surface area contributed by atoms with Gasteiger partial charge in [-0.05, 0) is 42.3 Å². The van der Waals surface area contributed by atoms with Gasteiger partial charge in [-0.2, -0.15) is 0 Å². The number of amides is 2. The van der Waals surface area contributed by atoms with Crippen molar-refractivity contribution in [1.29, 1.82) is 0 Å². The Balaban J connectivity index is 1.61. The molecule has 1 heterocycles. The second-order valence-electron chi connectivity index (χ2n) is 5.66. The molecule has 1 aliphatic rings. The first kappa shape index (κ1) is 16.3. The van der Waals surface area contributed by atoms with Crippen molar-refractivity contribution in [2.24, 2.45) is 0 Å². The molecule has 5 nitrogen and oxygen atoms in total. The Morgan fingerprint density at radius 3 is 2.58 bits per heavy atom. The lowest BCUT2D eigenvalue weighted by Gasteiger charge is -2.16. The average Bonchev–Trinajstić information content (AvgIpc) is 3.01. The summed E-state index contributed by atoms with van der Waals surface area (Å²) in [7, 11) is 0. The fraction of sp³-hybridized carbons (Fsp3) is 0.222. The van der Waals surface area contributed by atoms with Gasteiger partial charge in [0.05, 0.1) is 5.02 Å². The molecular weight excluding hydrogens is 328 g/mol. The van der Waals surface area contributed by atoms with Gasteiger partial charge in [-0.15, -0.1) is 0 Å². The molecule has 3 rings (SSSR count). The Morgan fingerprint density at radius 2 is 1.96 bits per heavy atom. The fourth-order valence-electron chi connectivity index (χ4n) is 2.65. The predicted molar refractivity (Wildman–Crippen MR) is 92.3 cm³/mol. The van der Waals surface area contributed by atoms with Crippen LogP contribution in [0.5, 0.6) is 5.75 Å². The van der Waals surface area contributed by atoms with Crippen LogP contribution in [0.15, 0.2) is 42.5 Å². The van der Waals surface area contributed by atoms with E-state index in [0.29, 0.717) is 18.5 Å². The summed E-state index contributed by atoms with van der Waals surface area (Å²) in [5.74, 6) is -0.170. The van der Waals surface area contributed by atoms with Crippen molar-refractivity contribution in [3.05, 3.63) is 58.6 Å². The van der Waals surface area contributed by atoms with E-state index in [1.165, 1.54) is 18.2 Å². The number of nitrogens with one attached hydrogen (secondary N) is 1. The fourth-order valence-corrected chi connectivity index (χ4v) is 2.83. The third kappa shape index (κ3) is 3.51. The molecule has 1 saturated heterocycles. The minimum atomic E-state index is -0.268. The van der Waals surface area contributed by atoms with Gasteiger partial charge in [0.1, 0.15) is 5.75 Å². The molecule has 1 aliphatic heterocycles. The maximum Gasteiger partial charge on any atom is 0.251 e. The van der Waals surface area contributed by atoms with Crippen molar-refractivity contribution in [1.82, 2.24) is 5.32 Å². The molecule has 2 amide bonds. The summed E-state index contributed by atoms with van der Waals surface area (Å²) in [6, 6.07) is 11.9. The first-order chi connectivity index (χ1) is 11.5. The zero-order chi connectivity index (χ0) is 17.1. The number of phenolic OH excluding ortho intramolecular Hbond substituents is 1. The topological polar surface area (TPSA) is 69.6 Å². The zero-order valence-electron chi connectivity index (χ0n) is 13.0.